The minimum absolute atomic E-state index is 0.0606. The van der Waals surface area contributed by atoms with Crippen molar-refractivity contribution in [2.75, 3.05) is 11.9 Å². The molecule has 1 aliphatic heterocycles. The molecule has 3 amide bonds. The SMILES string of the molecule is O=C(Nc1ccc(C(=O)NC2CCOc3ccccc32)cc1)NC1CC1. The Hall–Kier alpha value is -3.02. The first kappa shape index (κ1) is 16.4. The van der Waals surface area contributed by atoms with Gasteiger partial charge in [-0.05, 0) is 43.2 Å². The Balaban J connectivity index is 1.38. The van der Waals surface area contributed by atoms with Gasteiger partial charge in [0.1, 0.15) is 5.75 Å². The highest BCUT2D eigenvalue weighted by atomic mass is 16.5. The van der Waals surface area contributed by atoms with E-state index < -0.39 is 0 Å². The molecule has 0 aromatic heterocycles. The Bertz CT molecular complexity index is 815. The number of benzene rings is 2. The summed E-state index contributed by atoms with van der Waals surface area (Å²) < 4.78 is 5.63. The predicted molar refractivity (Wildman–Crippen MR) is 98.4 cm³/mol. The van der Waals surface area contributed by atoms with Crippen LogP contribution in [0.3, 0.4) is 0 Å². The molecule has 3 N–H and O–H groups in total. The van der Waals surface area contributed by atoms with Gasteiger partial charge in [0, 0.05) is 29.3 Å². The van der Waals surface area contributed by atoms with Gasteiger partial charge in [-0.2, -0.15) is 0 Å². The summed E-state index contributed by atoms with van der Waals surface area (Å²) in [4.78, 5) is 24.3. The van der Waals surface area contributed by atoms with Crippen LogP contribution in [-0.2, 0) is 0 Å². The van der Waals surface area contributed by atoms with Crippen molar-refractivity contribution in [2.24, 2.45) is 0 Å². The summed E-state index contributed by atoms with van der Waals surface area (Å²) in [6.07, 6.45) is 2.83. The fraction of sp³-hybridized carbons (Fsp3) is 0.300. The zero-order chi connectivity index (χ0) is 17.9. The lowest BCUT2D eigenvalue weighted by molar-refractivity contribution is 0.0925. The first-order valence-corrected chi connectivity index (χ1v) is 8.89. The van der Waals surface area contributed by atoms with Crippen LogP contribution in [0.2, 0.25) is 0 Å². The van der Waals surface area contributed by atoms with Gasteiger partial charge in [0.15, 0.2) is 0 Å². The second-order valence-corrected chi connectivity index (χ2v) is 6.65. The average molecular weight is 351 g/mol. The molecule has 2 aliphatic rings. The van der Waals surface area contributed by atoms with Gasteiger partial charge in [-0.15, -0.1) is 0 Å². The third-order valence-corrected chi connectivity index (χ3v) is 4.58. The molecule has 0 spiro atoms. The lowest BCUT2D eigenvalue weighted by Gasteiger charge is -2.26. The summed E-state index contributed by atoms with van der Waals surface area (Å²) in [5.74, 6) is 0.686. The van der Waals surface area contributed by atoms with Crippen LogP contribution in [-0.4, -0.2) is 24.6 Å². The molecular formula is C20H21N3O3. The Morgan fingerprint density at radius 1 is 0.923 bits per heavy atom. The van der Waals surface area contributed by atoms with E-state index in [0.717, 1.165) is 30.6 Å². The number of urea groups is 1. The summed E-state index contributed by atoms with van der Waals surface area (Å²) in [5, 5.41) is 8.70. The Labute approximate surface area is 151 Å². The van der Waals surface area contributed by atoms with Gasteiger partial charge in [-0.3, -0.25) is 4.79 Å². The monoisotopic (exact) mass is 351 g/mol. The molecular weight excluding hydrogens is 330 g/mol. The van der Waals surface area contributed by atoms with E-state index in [4.69, 9.17) is 4.74 Å². The summed E-state index contributed by atoms with van der Waals surface area (Å²) in [6.45, 7) is 0.584. The van der Waals surface area contributed by atoms with Crippen molar-refractivity contribution in [2.45, 2.75) is 31.3 Å². The standard InChI is InChI=1S/C20H21N3O3/c24-19(23-17-11-12-26-18-4-2-1-3-16(17)18)13-5-7-14(8-6-13)21-20(25)22-15-9-10-15/h1-8,15,17H,9-12H2,(H,23,24)(H2,21,22,25). The number of fused-ring (bicyclic) bond motifs is 1. The molecule has 1 fully saturated rings. The Morgan fingerprint density at radius 3 is 2.46 bits per heavy atom. The number of amides is 3. The van der Waals surface area contributed by atoms with Crippen molar-refractivity contribution in [1.82, 2.24) is 10.6 Å². The molecule has 134 valence electrons. The highest BCUT2D eigenvalue weighted by molar-refractivity contribution is 5.95. The number of ether oxygens (including phenoxy) is 1. The van der Waals surface area contributed by atoms with Crippen LogP contribution in [0.1, 0.15) is 41.2 Å². The quantitative estimate of drug-likeness (QED) is 0.791. The maximum absolute atomic E-state index is 12.6. The normalized spacial score (nSPS) is 18.2. The van der Waals surface area contributed by atoms with Gasteiger partial charge >= 0.3 is 6.03 Å². The maximum atomic E-state index is 12.6. The van der Waals surface area contributed by atoms with Crippen LogP contribution < -0.4 is 20.7 Å². The zero-order valence-electron chi connectivity index (χ0n) is 14.3. The number of rotatable bonds is 4. The summed E-state index contributed by atoms with van der Waals surface area (Å²) in [5.41, 5.74) is 2.22. The number of nitrogens with one attached hydrogen (secondary N) is 3. The molecule has 1 aliphatic carbocycles. The molecule has 1 unspecified atom stereocenters. The number of carbonyl (C=O) groups is 2. The lowest BCUT2D eigenvalue weighted by atomic mass is 10.00. The molecule has 1 saturated carbocycles. The van der Waals surface area contributed by atoms with Crippen molar-refractivity contribution in [3.05, 3.63) is 59.7 Å². The van der Waals surface area contributed by atoms with Crippen molar-refractivity contribution in [3.63, 3.8) is 0 Å². The minimum Gasteiger partial charge on any atom is -0.493 e. The average Bonchev–Trinajstić information content (AvgIpc) is 3.46. The molecule has 4 rings (SSSR count). The van der Waals surface area contributed by atoms with Gasteiger partial charge in [0.25, 0.3) is 5.91 Å². The fourth-order valence-electron chi connectivity index (χ4n) is 3.02. The molecule has 6 heteroatoms. The highest BCUT2D eigenvalue weighted by Gasteiger charge is 2.24. The van der Waals surface area contributed by atoms with Crippen LogP contribution in [0.5, 0.6) is 5.75 Å². The molecule has 6 nitrogen and oxygen atoms in total. The Morgan fingerprint density at radius 2 is 1.69 bits per heavy atom. The van der Waals surface area contributed by atoms with Crippen molar-refractivity contribution < 1.29 is 14.3 Å². The number of anilines is 1. The van der Waals surface area contributed by atoms with Crippen molar-refractivity contribution >= 4 is 17.6 Å². The molecule has 0 saturated heterocycles. The van der Waals surface area contributed by atoms with E-state index in [-0.39, 0.29) is 18.0 Å². The third kappa shape index (κ3) is 3.79. The van der Waals surface area contributed by atoms with E-state index in [1.807, 2.05) is 24.3 Å². The van der Waals surface area contributed by atoms with Crippen LogP contribution >= 0.6 is 0 Å². The predicted octanol–water partition coefficient (Wildman–Crippen LogP) is 3.22. The second kappa shape index (κ2) is 7.07. The van der Waals surface area contributed by atoms with E-state index in [0.29, 0.717) is 23.9 Å². The first-order valence-electron chi connectivity index (χ1n) is 8.89. The highest BCUT2D eigenvalue weighted by Crippen LogP contribution is 2.31. The topological polar surface area (TPSA) is 79.5 Å². The molecule has 0 radical (unpaired) electrons. The molecule has 1 heterocycles. The summed E-state index contributed by atoms with van der Waals surface area (Å²) in [7, 11) is 0. The van der Waals surface area contributed by atoms with Gasteiger partial charge in [-0.25, -0.2) is 4.79 Å². The van der Waals surface area contributed by atoms with E-state index in [2.05, 4.69) is 16.0 Å². The number of hydrogen-bond donors (Lipinski definition) is 3. The molecule has 1 atom stereocenters. The lowest BCUT2D eigenvalue weighted by Crippen LogP contribution is -2.32. The van der Waals surface area contributed by atoms with Gasteiger partial charge in [0.2, 0.25) is 0 Å². The number of para-hydroxylation sites is 1. The maximum Gasteiger partial charge on any atom is 0.319 e. The minimum atomic E-state index is -0.205. The molecule has 26 heavy (non-hydrogen) atoms. The number of carbonyl (C=O) groups excluding carboxylic acids is 2. The van der Waals surface area contributed by atoms with E-state index >= 15 is 0 Å². The summed E-state index contributed by atoms with van der Waals surface area (Å²) >= 11 is 0. The second-order valence-electron chi connectivity index (χ2n) is 6.65. The van der Waals surface area contributed by atoms with Crippen LogP contribution in [0.4, 0.5) is 10.5 Å². The van der Waals surface area contributed by atoms with Gasteiger partial charge in [-0.1, -0.05) is 18.2 Å². The number of hydrogen-bond acceptors (Lipinski definition) is 3. The smallest absolute Gasteiger partial charge is 0.319 e. The first-order chi connectivity index (χ1) is 12.7. The van der Waals surface area contributed by atoms with E-state index in [9.17, 15) is 9.59 Å². The molecule has 2 aromatic rings. The Kier molecular flexibility index (Phi) is 4.48. The molecule has 0 bridgehead atoms. The van der Waals surface area contributed by atoms with Crippen LogP contribution in [0.25, 0.3) is 0 Å². The summed E-state index contributed by atoms with van der Waals surface area (Å²) in [6, 6.07) is 14.7. The zero-order valence-corrected chi connectivity index (χ0v) is 14.3. The fourth-order valence-corrected chi connectivity index (χ4v) is 3.02. The van der Waals surface area contributed by atoms with Crippen LogP contribution in [0, 0.1) is 0 Å². The van der Waals surface area contributed by atoms with Crippen LogP contribution in [0.15, 0.2) is 48.5 Å². The van der Waals surface area contributed by atoms with Gasteiger partial charge < -0.3 is 20.7 Å². The van der Waals surface area contributed by atoms with Crippen molar-refractivity contribution in [1.29, 1.82) is 0 Å². The van der Waals surface area contributed by atoms with Gasteiger partial charge in [0.05, 0.1) is 12.6 Å². The largest absolute Gasteiger partial charge is 0.493 e. The van der Waals surface area contributed by atoms with Crippen molar-refractivity contribution in [3.8, 4) is 5.75 Å². The molecule has 2 aromatic carbocycles. The van der Waals surface area contributed by atoms with E-state index in [1.165, 1.54) is 0 Å². The van der Waals surface area contributed by atoms with E-state index in [1.54, 1.807) is 24.3 Å². The third-order valence-electron chi connectivity index (χ3n) is 4.58.